The second-order valence-electron chi connectivity index (χ2n) is 5.83. The molecule has 110 valence electrons. The molecule has 0 aliphatic carbocycles. The quantitative estimate of drug-likeness (QED) is 0.796. The summed E-state index contributed by atoms with van der Waals surface area (Å²) in [6.45, 7) is 10.5. The van der Waals surface area contributed by atoms with E-state index in [1.807, 2.05) is 34.6 Å². The number of ether oxygens (including phenoxy) is 1. The van der Waals surface area contributed by atoms with Gasteiger partial charge in [-0.3, -0.25) is 0 Å². The highest BCUT2D eigenvalue weighted by atomic mass is 35.5. The minimum Gasteiger partial charge on any atom is -0.494 e. The summed E-state index contributed by atoms with van der Waals surface area (Å²) in [7, 11) is -0.517. The lowest BCUT2D eigenvalue weighted by Crippen LogP contribution is -2.41. The van der Waals surface area contributed by atoms with Crippen molar-refractivity contribution in [1.82, 2.24) is 0 Å². The van der Waals surface area contributed by atoms with Gasteiger partial charge in [-0.05, 0) is 46.8 Å². The van der Waals surface area contributed by atoms with Gasteiger partial charge in [0.1, 0.15) is 5.75 Å². The Hall–Kier alpha value is -0.415. The molecule has 0 atom stereocenters. The standard InChI is InChI=1S/C14H19BCl2O3/c1-6-18-12-8-11(17)10(16)7-9(12)15-19-13(2,3)14(4,5)20-15/h7-8H,6H2,1-5H3. The monoisotopic (exact) mass is 316 g/mol. The van der Waals surface area contributed by atoms with Gasteiger partial charge in [0.25, 0.3) is 0 Å². The van der Waals surface area contributed by atoms with Gasteiger partial charge in [-0.15, -0.1) is 0 Å². The topological polar surface area (TPSA) is 27.7 Å². The van der Waals surface area contributed by atoms with Crippen molar-refractivity contribution in [3.63, 3.8) is 0 Å². The minimum absolute atomic E-state index is 0.409. The maximum absolute atomic E-state index is 6.11. The van der Waals surface area contributed by atoms with Crippen LogP contribution in [-0.2, 0) is 9.31 Å². The van der Waals surface area contributed by atoms with E-state index in [0.29, 0.717) is 22.4 Å². The number of benzene rings is 1. The van der Waals surface area contributed by atoms with Gasteiger partial charge >= 0.3 is 7.12 Å². The van der Waals surface area contributed by atoms with E-state index in [9.17, 15) is 0 Å². The van der Waals surface area contributed by atoms with Crippen molar-refractivity contribution in [2.24, 2.45) is 0 Å². The van der Waals surface area contributed by atoms with Crippen molar-refractivity contribution in [2.45, 2.75) is 45.8 Å². The Morgan fingerprint density at radius 1 is 1.05 bits per heavy atom. The fourth-order valence-corrected chi connectivity index (χ4v) is 2.30. The predicted molar refractivity (Wildman–Crippen MR) is 83.3 cm³/mol. The third-order valence-corrected chi connectivity index (χ3v) is 4.58. The van der Waals surface area contributed by atoms with Gasteiger partial charge < -0.3 is 14.0 Å². The zero-order valence-electron chi connectivity index (χ0n) is 12.4. The number of rotatable bonds is 3. The number of hydrogen-bond acceptors (Lipinski definition) is 3. The number of hydrogen-bond donors (Lipinski definition) is 0. The normalized spacial score (nSPS) is 20.2. The highest BCUT2D eigenvalue weighted by Gasteiger charge is 2.52. The van der Waals surface area contributed by atoms with E-state index in [1.165, 1.54) is 0 Å². The third kappa shape index (κ3) is 2.80. The van der Waals surface area contributed by atoms with Crippen LogP contribution in [0.4, 0.5) is 0 Å². The lowest BCUT2D eigenvalue weighted by atomic mass is 9.78. The van der Waals surface area contributed by atoms with Crippen LogP contribution < -0.4 is 10.2 Å². The van der Waals surface area contributed by atoms with Crippen LogP contribution in [-0.4, -0.2) is 24.9 Å². The smallest absolute Gasteiger partial charge is 0.494 e. The summed E-state index contributed by atoms with van der Waals surface area (Å²) in [4.78, 5) is 0. The van der Waals surface area contributed by atoms with E-state index in [-0.39, 0.29) is 0 Å². The van der Waals surface area contributed by atoms with E-state index in [0.717, 1.165) is 5.46 Å². The van der Waals surface area contributed by atoms with Gasteiger partial charge in [-0.1, -0.05) is 23.2 Å². The van der Waals surface area contributed by atoms with Crippen molar-refractivity contribution in [3.05, 3.63) is 22.2 Å². The van der Waals surface area contributed by atoms with Gasteiger partial charge in [0.15, 0.2) is 0 Å². The Morgan fingerprint density at radius 2 is 1.55 bits per heavy atom. The van der Waals surface area contributed by atoms with Crippen LogP contribution in [0.2, 0.25) is 10.0 Å². The molecule has 0 bridgehead atoms. The van der Waals surface area contributed by atoms with E-state index < -0.39 is 18.3 Å². The average molecular weight is 317 g/mol. The molecule has 1 aromatic carbocycles. The summed E-state index contributed by atoms with van der Waals surface area (Å²) in [6, 6.07) is 3.45. The molecule has 0 radical (unpaired) electrons. The van der Waals surface area contributed by atoms with Crippen LogP contribution in [0.5, 0.6) is 5.75 Å². The summed E-state index contributed by atoms with van der Waals surface area (Å²) in [6.07, 6.45) is 0. The Kier molecular flexibility index (Phi) is 4.32. The predicted octanol–water partition coefficient (Wildman–Crippen LogP) is 3.69. The van der Waals surface area contributed by atoms with Crippen molar-refractivity contribution in [1.29, 1.82) is 0 Å². The molecule has 0 N–H and O–H groups in total. The Balaban J connectivity index is 2.41. The molecule has 2 rings (SSSR count). The van der Waals surface area contributed by atoms with E-state index in [1.54, 1.807) is 12.1 Å². The van der Waals surface area contributed by atoms with Crippen LogP contribution in [0.15, 0.2) is 12.1 Å². The molecule has 0 spiro atoms. The van der Waals surface area contributed by atoms with E-state index in [2.05, 4.69) is 0 Å². The highest BCUT2D eigenvalue weighted by molar-refractivity contribution is 6.63. The fourth-order valence-electron chi connectivity index (χ4n) is 1.98. The molecule has 0 aromatic heterocycles. The first-order valence-electron chi connectivity index (χ1n) is 6.65. The maximum atomic E-state index is 6.11. The fraction of sp³-hybridized carbons (Fsp3) is 0.571. The second kappa shape index (κ2) is 5.41. The summed E-state index contributed by atoms with van der Waals surface area (Å²) in [5.74, 6) is 0.639. The molecule has 1 saturated heterocycles. The second-order valence-corrected chi connectivity index (χ2v) is 6.64. The Labute approximate surface area is 130 Å². The van der Waals surface area contributed by atoms with Crippen molar-refractivity contribution < 1.29 is 14.0 Å². The summed E-state index contributed by atoms with van der Waals surface area (Å²) >= 11 is 12.2. The average Bonchev–Trinajstić information content (AvgIpc) is 2.53. The first-order valence-corrected chi connectivity index (χ1v) is 7.41. The third-order valence-electron chi connectivity index (χ3n) is 3.86. The molecule has 1 aliphatic rings. The van der Waals surface area contributed by atoms with E-state index in [4.69, 9.17) is 37.2 Å². The molecule has 0 amide bonds. The SMILES string of the molecule is CCOc1cc(Cl)c(Cl)cc1B1OC(C)(C)C(C)(C)O1. The van der Waals surface area contributed by atoms with Gasteiger partial charge in [0.2, 0.25) is 0 Å². The largest absolute Gasteiger partial charge is 0.498 e. The summed E-state index contributed by atoms with van der Waals surface area (Å²) in [5, 5.41) is 0.912. The van der Waals surface area contributed by atoms with E-state index >= 15 is 0 Å². The van der Waals surface area contributed by atoms with Gasteiger partial charge in [-0.2, -0.15) is 0 Å². The van der Waals surface area contributed by atoms with Crippen molar-refractivity contribution in [2.75, 3.05) is 6.61 Å². The lowest BCUT2D eigenvalue weighted by Gasteiger charge is -2.32. The van der Waals surface area contributed by atoms with Crippen molar-refractivity contribution in [3.8, 4) is 5.75 Å². The Bertz CT molecular complexity index is 501. The molecule has 0 saturated carbocycles. The maximum Gasteiger partial charge on any atom is 0.498 e. The molecule has 1 heterocycles. The minimum atomic E-state index is -0.517. The molecule has 20 heavy (non-hydrogen) atoms. The molecule has 3 nitrogen and oxygen atoms in total. The molecular formula is C14H19BCl2O3. The molecule has 6 heteroatoms. The first kappa shape index (κ1) is 16.0. The lowest BCUT2D eigenvalue weighted by molar-refractivity contribution is 0.00578. The van der Waals surface area contributed by atoms with Crippen molar-refractivity contribution >= 4 is 35.8 Å². The molecule has 1 aliphatic heterocycles. The Morgan fingerprint density at radius 3 is 2.05 bits per heavy atom. The van der Waals surface area contributed by atoms with Gasteiger partial charge in [0, 0.05) is 5.46 Å². The van der Waals surface area contributed by atoms with Gasteiger partial charge in [0.05, 0.1) is 27.9 Å². The molecular weight excluding hydrogens is 298 g/mol. The van der Waals surface area contributed by atoms with Crippen LogP contribution in [0.25, 0.3) is 0 Å². The summed E-state index contributed by atoms with van der Waals surface area (Å²) in [5.41, 5.74) is -0.0551. The van der Waals surface area contributed by atoms with Crippen LogP contribution in [0, 0.1) is 0 Å². The van der Waals surface area contributed by atoms with Gasteiger partial charge in [-0.25, -0.2) is 0 Å². The zero-order valence-corrected chi connectivity index (χ0v) is 13.9. The van der Waals surface area contributed by atoms with Crippen LogP contribution in [0.1, 0.15) is 34.6 Å². The molecule has 0 unspecified atom stereocenters. The van der Waals surface area contributed by atoms with Crippen LogP contribution in [0.3, 0.4) is 0 Å². The number of halogens is 2. The first-order chi connectivity index (χ1) is 9.18. The summed E-state index contributed by atoms with van der Waals surface area (Å²) < 4.78 is 17.7. The van der Waals surface area contributed by atoms with Crippen LogP contribution >= 0.6 is 23.2 Å². The highest BCUT2D eigenvalue weighted by Crippen LogP contribution is 2.38. The molecule has 1 fully saturated rings. The molecule has 1 aromatic rings. The zero-order chi connectivity index (χ0) is 15.1.